The van der Waals surface area contributed by atoms with Gasteiger partial charge in [0.25, 0.3) is 8.32 Å². The second-order valence-electron chi connectivity index (χ2n) is 9.08. The fourth-order valence-electron chi connectivity index (χ4n) is 4.96. The largest absolute Gasteiger partial charge is 0.407 e. The maximum Gasteiger partial charge on any atom is 0.261 e. The van der Waals surface area contributed by atoms with Crippen molar-refractivity contribution in [3.05, 3.63) is 60.7 Å². The van der Waals surface area contributed by atoms with Crippen molar-refractivity contribution < 1.29 is 14.6 Å². The first-order valence-corrected chi connectivity index (χ1v) is 12.3. The van der Waals surface area contributed by atoms with Crippen LogP contribution in [0.5, 0.6) is 0 Å². The summed E-state index contributed by atoms with van der Waals surface area (Å²) in [7, 11) is -2.60. The van der Waals surface area contributed by atoms with Gasteiger partial charge >= 0.3 is 0 Å². The van der Waals surface area contributed by atoms with Gasteiger partial charge in [0.1, 0.15) is 0 Å². The van der Waals surface area contributed by atoms with E-state index in [4.69, 9.17) is 4.43 Å². The number of hydrogen-bond donors (Lipinski definition) is 2. The zero-order chi connectivity index (χ0) is 20.4. The molecule has 3 nitrogen and oxygen atoms in total. The molecule has 2 aromatic rings. The first-order chi connectivity index (χ1) is 13.3. The third kappa shape index (κ3) is 3.83. The summed E-state index contributed by atoms with van der Waals surface area (Å²) in [6, 6.07) is 21.1. The van der Waals surface area contributed by atoms with Crippen molar-refractivity contribution in [3.8, 4) is 0 Å². The molecule has 2 aromatic carbocycles. The Kier molecular flexibility index (Phi) is 6.45. The van der Waals surface area contributed by atoms with E-state index >= 15 is 0 Å². The van der Waals surface area contributed by atoms with E-state index in [0.717, 1.165) is 6.42 Å². The summed E-state index contributed by atoms with van der Waals surface area (Å²) in [6.07, 6.45) is 0.367. The Bertz CT molecular complexity index is 702. The SMILES string of the molecule is CC[C@@H]1[C@H](CO[Si](c2ccccc2)(c2ccccc2)C(C)(C)C)[C@@H](O)C[C@H]1O. The molecule has 3 rings (SSSR count). The number of aliphatic hydroxyl groups excluding tert-OH is 2. The number of rotatable bonds is 6. The zero-order valence-corrected chi connectivity index (χ0v) is 18.5. The van der Waals surface area contributed by atoms with Crippen molar-refractivity contribution >= 4 is 18.7 Å². The summed E-state index contributed by atoms with van der Waals surface area (Å²) in [5, 5.41) is 23.3. The highest BCUT2D eigenvalue weighted by molar-refractivity contribution is 6.99. The van der Waals surface area contributed by atoms with Crippen molar-refractivity contribution in [2.24, 2.45) is 11.8 Å². The Labute approximate surface area is 170 Å². The van der Waals surface area contributed by atoms with E-state index < -0.39 is 20.5 Å². The van der Waals surface area contributed by atoms with E-state index in [2.05, 4.69) is 76.2 Å². The van der Waals surface area contributed by atoms with Crippen molar-refractivity contribution in [3.63, 3.8) is 0 Å². The van der Waals surface area contributed by atoms with Gasteiger partial charge in [-0.25, -0.2) is 0 Å². The normalized spacial score (nSPS) is 25.8. The summed E-state index contributed by atoms with van der Waals surface area (Å²) >= 11 is 0. The molecule has 4 atom stereocenters. The molecule has 0 unspecified atom stereocenters. The van der Waals surface area contributed by atoms with Gasteiger partial charge in [-0.15, -0.1) is 0 Å². The minimum Gasteiger partial charge on any atom is -0.407 e. The van der Waals surface area contributed by atoms with Crippen LogP contribution < -0.4 is 10.4 Å². The minimum absolute atomic E-state index is 0.0263. The monoisotopic (exact) mass is 398 g/mol. The van der Waals surface area contributed by atoms with Gasteiger partial charge in [-0.05, 0) is 27.8 Å². The average Bonchev–Trinajstić information content (AvgIpc) is 2.95. The third-order valence-corrected chi connectivity index (χ3v) is 11.4. The predicted octanol–water partition coefficient (Wildman–Crippen LogP) is 3.33. The second-order valence-corrected chi connectivity index (χ2v) is 13.4. The van der Waals surface area contributed by atoms with Crippen LogP contribution in [0.25, 0.3) is 0 Å². The first kappa shape index (κ1) is 21.3. The maximum absolute atomic E-state index is 10.6. The lowest BCUT2D eigenvalue weighted by Gasteiger charge is -2.44. The molecule has 1 aliphatic rings. The summed E-state index contributed by atoms with van der Waals surface area (Å²) in [5.41, 5.74) is 0. The summed E-state index contributed by atoms with van der Waals surface area (Å²) in [5.74, 6) is 0.0647. The Morgan fingerprint density at radius 2 is 1.32 bits per heavy atom. The van der Waals surface area contributed by atoms with Crippen molar-refractivity contribution in [1.29, 1.82) is 0 Å². The molecule has 152 valence electrons. The van der Waals surface area contributed by atoms with Gasteiger partial charge in [0.15, 0.2) is 0 Å². The van der Waals surface area contributed by atoms with Gasteiger partial charge in [-0.1, -0.05) is 94.8 Å². The molecular weight excluding hydrogens is 364 g/mol. The van der Waals surface area contributed by atoms with Crippen LogP contribution in [0.1, 0.15) is 40.5 Å². The lowest BCUT2D eigenvalue weighted by molar-refractivity contribution is 0.0705. The third-order valence-electron chi connectivity index (χ3n) is 6.40. The zero-order valence-electron chi connectivity index (χ0n) is 17.5. The smallest absolute Gasteiger partial charge is 0.261 e. The molecule has 0 saturated heterocycles. The lowest BCUT2D eigenvalue weighted by Crippen LogP contribution is -2.67. The van der Waals surface area contributed by atoms with Crippen LogP contribution in [0.2, 0.25) is 5.04 Å². The maximum atomic E-state index is 10.6. The Morgan fingerprint density at radius 1 is 0.857 bits per heavy atom. The Morgan fingerprint density at radius 3 is 1.75 bits per heavy atom. The molecule has 1 aliphatic carbocycles. The van der Waals surface area contributed by atoms with Crippen LogP contribution in [0.15, 0.2) is 60.7 Å². The molecule has 4 heteroatoms. The molecule has 28 heavy (non-hydrogen) atoms. The summed E-state index contributed by atoms with van der Waals surface area (Å²) in [6.45, 7) is 9.34. The van der Waals surface area contributed by atoms with Crippen molar-refractivity contribution in [1.82, 2.24) is 0 Å². The predicted molar refractivity (Wildman–Crippen MR) is 117 cm³/mol. The second kappa shape index (κ2) is 8.50. The van der Waals surface area contributed by atoms with E-state index in [1.165, 1.54) is 10.4 Å². The molecule has 0 bridgehead atoms. The van der Waals surface area contributed by atoms with E-state index in [1.54, 1.807) is 0 Å². The molecule has 0 aromatic heterocycles. The van der Waals surface area contributed by atoms with Crippen LogP contribution in [-0.2, 0) is 4.43 Å². The van der Waals surface area contributed by atoms with Crippen LogP contribution in [0, 0.1) is 11.8 Å². The van der Waals surface area contributed by atoms with Gasteiger partial charge in [0.05, 0.1) is 12.2 Å². The number of aliphatic hydroxyl groups is 2. The molecule has 1 saturated carbocycles. The average molecular weight is 399 g/mol. The van der Waals surface area contributed by atoms with E-state index in [-0.39, 0.29) is 16.9 Å². The van der Waals surface area contributed by atoms with Gasteiger partial charge in [0, 0.05) is 12.5 Å². The van der Waals surface area contributed by atoms with E-state index in [1.807, 2.05) is 12.1 Å². The molecule has 0 radical (unpaired) electrons. The number of hydrogen-bond acceptors (Lipinski definition) is 3. The highest BCUT2D eigenvalue weighted by atomic mass is 28.4. The summed E-state index contributed by atoms with van der Waals surface area (Å²) in [4.78, 5) is 0. The van der Waals surface area contributed by atoms with Crippen LogP contribution in [-0.4, -0.2) is 37.3 Å². The van der Waals surface area contributed by atoms with Crippen molar-refractivity contribution in [2.75, 3.05) is 6.61 Å². The Balaban J connectivity index is 2.04. The Hall–Kier alpha value is -1.46. The quantitative estimate of drug-likeness (QED) is 0.734. The highest BCUT2D eigenvalue weighted by Gasteiger charge is 2.51. The molecule has 2 N–H and O–H groups in total. The molecule has 0 heterocycles. The van der Waals surface area contributed by atoms with Crippen LogP contribution in [0.4, 0.5) is 0 Å². The van der Waals surface area contributed by atoms with Gasteiger partial charge in [-0.2, -0.15) is 0 Å². The number of benzene rings is 2. The first-order valence-electron chi connectivity index (χ1n) is 10.4. The van der Waals surface area contributed by atoms with Gasteiger partial charge in [0.2, 0.25) is 0 Å². The van der Waals surface area contributed by atoms with Gasteiger partial charge in [-0.3, -0.25) is 0 Å². The fraction of sp³-hybridized carbons (Fsp3) is 0.500. The highest BCUT2D eigenvalue weighted by Crippen LogP contribution is 2.40. The van der Waals surface area contributed by atoms with E-state index in [0.29, 0.717) is 13.0 Å². The van der Waals surface area contributed by atoms with Gasteiger partial charge < -0.3 is 14.6 Å². The summed E-state index contributed by atoms with van der Waals surface area (Å²) < 4.78 is 6.97. The molecular formula is C24H34O3Si. The minimum atomic E-state index is -2.60. The lowest BCUT2D eigenvalue weighted by atomic mass is 9.92. The molecule has 0 spiro atoms. The topological polar surface area (TPSA) is 49.7 Å². The molecule has 0 amide bonds. The fourth-order valence-corrected chi connectivity index (χ4v) is 9.56. The standard InChI is InChI=1S/C24H34O3Si/c1-5-20-21(23(26)16-22(20)25)17-27-28(24(2,3)4,18-12-8-6-9-13-18)19-14-10-7-11-15-19/h6-15,20-23,25-26H,5,16-17H2,1-4H3/t20-,21+,22-,23+/m1/s1. The van der Waals surface area contributed by atoms with Crippen LogP contribution in [0.3, 0.4) is 0 Å². The molecule has 0 aliphatic heterocycles. The van der Waals surface area contributed by atoms with Crippen LogP contribution >= 0.6 is 0 Å². The van der Waals surface area contributed by atoms with Crippen molar-refractivity contribution in [2.45, 2.75) is 57.8 Å². The molecule has 1 fully saturated rings. The van der Waals surface area contributed by atoms with E-state index in [9.17, 15) is 10.2 Å².